The van der Waals surface area contributed by atoms with Crippen molar-refractivity contribution in [3.63, 3.8) is 0 Å². The lowest BCUT2D eigenvalue weighted by atomic mass is 10.0. The number of halogens is 4. The molecule has 3 rings (SSSR count). The summed E-state index contributed by atoms with van der Waals surface area (Å²) >= 11 is 0. The number of hydrogen-bond donors (Lipinski definition) is 6. The first-order valence-electron chi connectivity index (χ1n) is 14.2. The SMILES string of the molecule is CCOc1cc(=O)[nH]cc1-c1ccc(CC(=O)Nc2cc(C(=O)NCCN(C)C)cc(C(F)(F)F)c2)c(F)c1.N[C@@H](CC(=O)O)C(=O)O. The number of pyridine rings is 1. The summed E-state index contributed by atoms with van der Waals surface area (Å²) in [5, 5.41) is 20.9. The highest BCUT2D eigenvalue weighted by Gasteiger charge is 2.32. The number of anilines is 1. The molecule has 17 heteroatoms. The third kappa shape index (κ3) is 12.5. The quantitative estimate of drug-likeness (QED) is 0.146. The van der Waals surface area contributed by atoms with Crippen molar-refractivity contribution < 1.29 is 51.7 Å². The molecule has 0 saturated heterocycles. The maximum absolute atomic E-state index is 14.9. The third-order valence-corrected chi connectivity index (χ3v) is 6.26. The van der Waals surface area contributed by atoms with Crippen LogP contribution in [0.1, 0.15) is 34.8 Å². The Morgan fingerprint density at radius 3 is 2.29 bits per heavy atom. The number of carboxylic acids is 2. The van der Waals surface area contributed by atoms with E-state index in [0.717, 1.165) is 6.07 Å². The lowest BCUT2D eigenvalue weighted by Crippen LogP contribution is -2.32. The summed E-state index contributed by atoms with van der Waals surface area (Å²) in [5.74, 6) is -4.48. The summed E-state index contributed by atoms with van der Waals surface area (Å²) in [6.45, 7) is 2.71. The lowest BCUT2D eigenvalue weighted by Gasteiger charge is -2.14. The molecule has 0 spiro atoms. The summed E-state index contributed by atoms with van der Waals surface area (Å²) in [4.78, 5) is 60.6. The Kier molecular flexibility index (Phi) is 14.2. The number of benzene rings is 2. The van der Waals surface area contributed by atoms with Crippen LogP contribution in [0.5, 0.6) is 5.75 Å². The molecule has 0 bridgehead atoms. The average molecular weight is 682 g/mol. The fraction of sp³-hybridized carbons (Fsp3) is 0.323. The standard InChI is InChI=1S/C27H28F4N4O4.C4H7NO4/c1-4-39-23-14-24(36)33-15-21(23)16-5-6-17(22(28)11-16)12-25(37)34-20-10-18(9-19(13-20)27(29,30)31)26(38)32-7-8-35(2)3;5-2(4(8)9)1-3(6)7/h5-6,9-11,13-15H,4,7-8,12H2,1-3H3,(H,32,38)(H,33,36)(H,34,37);2H,1,5H2,(H,6,7)(H,8,9)/t;2-/m.0/s1. The van der Waals surface area contributed by atoms with E-state index in [0.29, 0.717) is 29.8 Å². The molecular weight excluding hydrogens is 646 g/mol. The second-order valence-corrected chi connectivity index (χ2v) is 10.4. The van der Waals surface area contributed by atoms with E-state index in [4.69, 9.17) is 20.7 Å². The van der Waals surface area contributed by atoms with Crippen molar-refractivity contribution in [3.8, 4) is 16.9 Å². The molecule has 1 atom stereocenters. The van der Waals surface area contributed by atoms with Gasteiger partial charge in [-0.25, -0.2) is 4.39 Å². The first-order valence-corrected chi connectivity index (χ1v) is 14.2. The number of aromatic amines is 1. The molecule has 0 aliphatic heterocycles. The number of aliphatic carboxylic acids is 2. The van der Waals surface area contributed by atoms with Gasteiger partial charge in [0.15, 0.2) is 0 Å². The zero-order valence-corrected chi connectivity index (χ0v) is 26.1. The van der Waals surface area contributed by atoms with E-state index in [2.05, 4.69) is 15.6 Å². The fourth-order valence-electron chi connectivity index (χ4n) is 3.95. The zero-order valence-electron chi connectivity index (χ0n) is 26.1. The molecule has 1 aromatic heterocycles. The van der Waals surface area contributed by atoms with Crippen molar-refractivity contribution in [2.24, 2.45) is 5.73 Å². The van der Waals surface area contributed by atoms with Crippen LogP contribution >= 0.6 is 0 Å². The number of nitrogens with zero attached hydrogens (tertiary/aromatic N) is 1. The molecule has 13 nitrogen and oxygen atoms in total. The summed E-state index contributed by atoms with van der Waals surface area (Å²) < 4.78 is 60.7. The van der Waals surface area contributed by atoms with Gasteiger partial charge in [-0.05, 0) is 56.4 Å². The van der Waals surface area contributed by atoms with Crippen LogP contribution in [0.4, 0.5) is 23.2 Å². The molecule has 0 saturated carbocycles. The number of H-pyrrole nitrogens is 1. The second kappa shape index (κ2) is 17.6. The maximum Gasteiger partial charge on any atom is 0.416 e. The van der Waals surface area contributed by atoms with Gasteiger partial charge >= 0.3 is 18.1 Å². The van der Waals surface area contributed by atoms with E-state index in [1.807, 2.05) is 0 Å². The van der Waals surface area contributed by atoms with Crippen LogP contribution < -0.4 is 26.7 Å². The van der Waals surface area contributed by atoms with E-state index in [1.54, 1.807) is 25.9 Å². The minimum Gasteiger partial charge on any atom is -0.493 e. The molecule has 7 N–H and O–H groups in total. The van der Waals surface area contributed by atoms with Crippen molar-refractivity contribution in [1.82, 2.24) is 15.2 Å². The highest BCUT2D eigenvalue weighted by Crippen LogP contribution is 2.32. The number of carboxylic acid groups (broad SMARTS) is 2. The Labute approximate surface area is 271 Å². The number of nitrogens with one attached hydrogen (secondary N) is 3. The average Bonchev–Trinajstić information content (AvgIpc) is 2.97. The van der Waals surface area contributed by atoms with Gasteiger partial charge < -0.3 is 41.2 Å². The number of alkyl halides is 3. The Morgan fingerprint density at radius 2 is 1.75 bits per heavy atom. The molecule has 48 heavy (non-hydrogen) atoms. The first kappa shape index (κ1) is 38.9. The van der Waals surface area contributed by atoms with E-state index >= 15 is 0 Å². The van der Waals surface area contributed by atoms with Crippen LogP contribution in [0, 0.1) is 5.82 Å². The van der Waals surface area contributed by atoms with Gasteiger partial charge in [0.05, 0.1) is 25.0 Å². The Morgan fingerprint density at radius 1 is 1.06 bits per heavy atom. The van der Waals surface area contributed by atoms with Crippen molar-refractivity contribution in [1.29, 1.82) is 0 Å². The number of hydrogen-bond acceptors (Lipinski definition) is 8. The Hall–Kier alpha value is -5.29. The van der Waals surface area contributed by atoms with Crippen molar-refractivity contribution >= 4 is 29.4 Å². The number of amides is 2. The summed E-state index contributed by atoms with van der Waals surface area (Å²) in [5.41, 5.74) is 3.63. The van der Waals surface area contributed by atoms with Gasteiger partial charge in [-0.15, -0.1) is 0 Å². The van der Waals surface area contributed by atoms with Gasteiger partial charge in [0.2, 0.25) is 5.91 Å². The van der Waals surface area contributed by atoms with Gasteiger partial charge in [0.1, 0.15) is 17.6 Å². The molecule has 0 aliphatic rings. The van der Waals surface area contributed by atoms with Crippen LogP contribution in [0.25, 0.3) is 11.1 Å². The monoisotopic (exact) mass is 681 g/mol. The van der Waals surface area contributed by atoms with Crippen LogP contribution in [-0.2, 0) is 27.0 Å². The van der Waals surface area contributed by atoms with Gasteiger partial charge in [-0.3, -0.25) is 24.0 Å². The molecule has 3 aromatic rings. The minimum atomic E-state index is -4.76. The zero-order chi connectivity index (χ0) is 36.2. The number of carbonyl (C=O) groups is 4. The van der Waals surface area contributed by atoms with E-state index in [1.165, 1.54) is 30.5 Å². The third-order valence-electron chi connectivity index (χ3n) is 6.26. The number of nitrogens with two attached hydrogens (primary N) is 1. The molecule has 0 aliphatic carbocycles. The normalized spacial score (nSPS) is 11.6. The highest BCUT2D eigenvalue weighted by molar-refractivity contribution is 5.98. The van der Waals surface area contributed by atoms with Crippen LogP contribution in [0.3, 0.4) is 0 Å². The molecule has 0 unspecified atom stereocenters. The largest absolute Gasteiger partial charge is 0.493 e. The Bertz CT molecular complexity index is 1680. The minimum absolute atomic E-state index is 0.00716. The van der Waals surface area contributed by atoms with Gasteiger partial charge in [-0.1, -0.05) is 12.1 Å². The molecule has 2 aromatic carbocycles. The molecule has 1 heterocycles. The van der Waals surface area contributed by atoms with E-state index in [-0.39, 0.29) is 41.3 Å². The lowest BCUT2D eigenvalue weighted by molar-refractivity contribution is -0.144. The number of likely N-dealkylation sites (N-methyl/N-ethyl adjacent to an activating group) is 1. The maximum atomic E-state index is 14.9. The van der Waals surface area contributed by atoms with E-state index < -0.39 is 60.2 Å². The van der Waals surface area contributed by atoms with Gasteiger partial charge in [-0.2, -0.15) is 13.2 Å². The molecular formula is C31H35F4N5O8. The second-order valence-electron chi connectivity index (χ2n) is 10.4. The molecule has 2 amide bonds. The summed E-state index contributed by atoms with van der Waals surface area (Å²) in [7, 11) is 3.56. The first-order chi connectivity index (χ1) is 22.4. The number of carbonyl (C=O) groups excluding carboxylic acids is 2. The van der Waals surface area contributed by atoms with Crippen molar-refractivity contribution in [2.75, 3.05) is 39.1 Å². The smallest absolute Gasteiger partial charge is 0.416 e. The number of rotatable bonds is 13. The van der Waals surface area contributed by atoms with Gasteiger partial charge in [0, 0.05) is 42.2 Å². The summed E-state index contributed by atoms with van der Waals surface area (Å²) in [6.07, 6.45) is -4.38. The highest BCUT2D eigenvalue weighted by atomic mass is 19.4. The topological polar surface area (TPSA) is 204 Å². The molecule has 0 radical (unpaired) electrons. The predicted octanol–water partition coefficient (Wildman–Crippen LogP) is 2.94. The van der Waals surface area contributed by atoms with Crippen molar-refractivity contribution in [2.45, 2.75) is 32.0 Å². The van der Waals surface area contributed by atoms with Crippen LogP contribution in [0.15, 0.2) is 53.5 Å². The van der Waals surface area contributed by atoms with E-state index in [9.17, 15) is 41.5 Å². The number of ether oxygens (including phenoxy) is 1. The van der Waals surface area contributed by atoms with Crippen molar-refractivity contribution in [3.05, 3.63) is 81.5 Å². The molecule has 260 valence electrons. The Balaban J connectivity index is 0.000000778. The number of aromatic nitrogens is 1. The fourth-order valence-corrected chi connectivity index (χ4v) is 3.95. The van der Waals surface area contributed by atoms with Gasteiger partial charge in [0.25, 0.3) is 11.5 Å². The van der Waals surface area contributed by atoms with Crippen LogP contribution in [-0.4, -0.2) is 83.7 Å². The predicted molar refractivity (Wildman–Crippen MR) is 166 cm³/mol. The summed E-state index contributed by atoms with van der Waals surface area (Å²) in [6, 6.07) is 6.55. The van der Waals surface area contributed by atoms with Crippen LogP contribution in [0.2, 0.25) is 0 Å². The molecule has 0 fully saturated rings.